The molecule has 5 rings (SSSR count). The van der Waals surface area contributed by atoms with Crippen molar-refractivity contribution in [3.63, 3.8) is 0 Å². The topological polar surface area (TPSA) is 80.0 Å². The summed E-state index contributed by atoms with van der Waals surface area (Å²) in [6.07, 6.45) is 4.49. The van der Waals surface area contributed by atoms with E-state index in [1.165, 1.54) is 0 Å². The number of fused-ring (bicyclic) bond motifs is 1. The summed E-state index contributed by atoms with van der Waals surface area (Å²) in [4.78, 5) is 23.5. The molecule has 0 spiro atoms. The second kappa shape index (κ2) is 7.61. The number of aldehydes is 1. The van der Waals surface area contributed by atoms with Gasteiger partial charge in [0.05, 0.1) is 24.6 Å². The maximum Gasteiger partial charge on any atom is 0.181 e. The number of carbonyl (C=O) groups excluding carboxylic acids is 1. The van der Waals surface area contributed by atoms with Gasteiger partial charge in [-0.05, 0) is 24.3 Å². The fraction of sp³-hybridized carbons (Fsp3) is 0.174. The van der Waals surface area contributed by atoms with Gasteiger partial charge in [0, 0.05) is 42.2 Å². The Balaban J connectivity index is 1.80. The Bertz CT molecular complexity index is 1210. The lowest BCUT2D eigenvalue weighted by atomic mass is 10.0. The van der Waals surface area contributed by atoms with Crippen molar-refractivity contribution in [2.24, 2.45) is 0 Å². The van der Waals surface area contributed by atoms with Gasteiger partial charge < -0.3 is 14.7 Å². The molecule has 0 aliphatic carbocycles. The molecule has 1 aliphatic rings. The van der Waals surface area contributed by atoms with Gasteiger partial charge in [0.25, 0.3) is 0 Å². The first kappa shape index (κ1) is 18.3. The minimum atomic E-state index is 0.193. The van der Waals surface area contributed by atoms with Crippen LogP contribution in [0.5, 0.6) is 5.75 Å². The average Bonchev–Trinajstić information content (AvgIpc) is 3.19. The van der Waals surface area contributed by atoms with E-state index in [4.69, 9.17) is 9.72 Å². The fourth-order valence-electron chi connectivity index (χ4n) is 3.86. The molecule has 1 N–H and O–H groups in total. The lowest BCUT2D eigenvalue weighted by Crippen LogP contribution is -2.37. The van der Waals surface area contributed by atoms with Crippen LogP contribution in [0.2, 0.25) is 0 Å². The summed E-state index contributed by atoms with van der Waals surface area (Å²) in [7, 11) is 0. The molecule has 2 aromatic heterocycles. The van der Waals surface area contributed by atoms with Crippen LogP contribution in [0.15, 0.2) is 60.9 Å². The molecule has 7 heteroatoms. The largest absolute Gasteiger partial charge is 0.508 e. The Hall–Kier alpha value is -3.71. The Kier molecular flexibility index (Phi) is 4.65. The number of ether oxygens (including phenoxy) is 1. The number of morpholine rings is 1. The minimum absolute atomic E-state index is 0.193. The number of phenolic OH excluding ortho intramolecular Hbond substituents is 1. The maximum atomic E-state index is 11.7. The van der Waals surface area contributed by atoms with Crippen LogP contribution in [0.4, 0.5) is 5.82 Å². The number of aromatic nitrogens is 3. The highest BCUT2D eigenvalue weighted by Crippen LogP contribution is 2.36. The summed E-state index contributed by atoms with van der Waals surface area (Å²) in [6, 6.07) is 14.4. The number of anilines is 1. The molecule has 4 aromatic rings. The Labute approximate surface area is 173 Å². The smallest absolute Gasteiger partial charge is 0.181 e. The lowest BCUT2D eigenvalue weighted by molar-refractivity contribution is 0.112. The van der Waals surface area contributed by atoms with E-state index in [2.05, 4.69) is 9.88 Å². The van der Waals surface area contributed by atoms with Gasteiger partial charge in [-0.1, -0.05) is 24.3 Å². The van der Waals surface area contributed by atoms with Crippen molar-refractivity contribution in [2.75, 3.05) is 31.2 Å². The first-order valence-corrected chi connectivity index (χ1v) is 9.80. The number of rotatable bonds is 4. The Morgan fingerprint density at radius 1 is 1.03 bits per heavy atom. The van der Waals surface area contributed by atoms with Crippen molar-refractivity contribution >= 4 is 17.8 Å². The third kappa shape index (κ3) is 3.09. The van der Waals surface area contributed by atoms with E-state index in [1.807, 2.05) is 40.9 Å². The SMILES string of the molecule is O=Cc1ccccc1-c1nc2c(N3CCOCC3)nccn2c1-c1ccc(O)cc1. The molecule has 150 valence electrons. The molecular weight excluding hydrogens is 380 g/mol. The zero-order valence-electron chi connectivity index (χ0n) is 16.2. The zero-order chi connectivity index (χ0) is 20.5. The summed E-state index contributed by atoms with van der Waals surface area (Å²) in [6.45, 7) is 2.78. The average molecular weight is 400 g/mol. The Morgan fingerprint density at radius 2 is 1.80 bits per heavy atom. The van der Waals surface area contributed by atoms with Crippen molar-refractivity contribution < 1.29 is 14.6 Å². The molecule has 7 nitrogen and oxygen atoms in total. The number of phenols is 1. The molecule has 1 fully saturated rings. The van der Waals surface area contributed by atoms with Gasteiger partial charge in [-0.25, -0.2) is 9.97 Å². The maximum absolute atomic E-state index is 11.7. The van der Waals surface area contributed by atoms with E-state index in [1.54, 1.807) is 24.4 Å². The molecule has 2 aromatic carbocycles. The van der Waals surface area contributed by atoms with Gasteiger partial charge in [0.1, 0.15) is 5.75 Å². The highest BCUT2D eigenvalue weighted by Gasteiger charge is 2.23. The van der Waals surface area contributed by atoms with E-state index in [-0.39, 0.29) is 5.75 Å². The van der Waals surface area contributed by atoms with Crippen LogP contribution in [-0.4, -0.2) is 52.1 Å². The van der Waals surface area contributed by atoms with Crippen molar-refractivity contribution in [3.8, 4) is 28.3 Å². The predicted octanol–water partition coefficient (Wildman–Crippen LogP) is 3.42. The number of aromatic hydroxyl groups is 1. The second-order valence-electron chi connectivity index (χ2n) is 7.10. The van der Waals surface area contributed by atoms with Crippen molar-refractivity contribution in [3.05, 3.63) is 66.5 Å². The summed E-state index contributed by atoms with van der Waals surface area (Å²) in [5, 5.41) is 9.75. The Morgan fingerprint density at radius 3 is 2.57 bits per heavy atom. The monoisotopic (exact) mass is 400 g/mol. The van der Waals surface area contributed by atoms with Crippen molar-refractivity contribution in [2.45, 2.75) is 0 Å². The molecule has 0 amide bonds. The van der Waals surface area contributed by atoms with Crippen LogP contribution in [0.25, 0.3) is 28.2 Å². The molecule has 0 bridgehead atoms. The number of nitrogens with zero attached hydrogens (tertiary/aromatic N) is 4. The molecule has 0 saturated carbocycles. The van der Waals surface area contributed by atoms with Gasteiger partial charge in [-0.15, -0.1) is 0 Å². The van der Waals surface area contributed by atoms with Gasteiger partial charge in [0.2, 0.25) is 0 Å². The highest BCUT2D eigenvalue weighted by atomic mass is 16.5. The molecule has 3 heterocycles. The normalized spacial score (nSPS) is 14.2. The highest BCUT2D eigenvalue weighted by molar-refractivity contribution is 5.93. The van der Waals surface area contributed by atoms with Crippen LogP contribution >= 0.6 is 0 Å². The standard InChI is InChI=1S/C23H20N4O3/c28-15-17-3-1-2-4-19(17)20-21(16-5-7-18(29)8-6-16)27-10-9-24-22(23(27)25-20)26-11-13-30-14-12-26/h1-10,15,29H,11-14H2. The number of hydrogen-bond donors (Lipinski definition) is 1. The van der Waals surface area contributed by atoms with E-state index < -0.39 is 0 Å². The molecular formula is C23H20N4O3. The molecule has 0 unspecified atom stereocenters. The van der Waals surface area contributed by atoms with E-state index in [0.29, 0.717) is 24.5 Å². The second-order valence-corrected chi connectivity index (χ2v) is 7.10. The number of imidazole rings is 1. The quantitative estimate of drug-likeness (QED) is 0.529. The van der Waals surface area contributed by atoms with Gasteiger partial charge in [-0.2, -0.15) is 0 Å². The van der Waals surface area contributed by atoms with Crippen LogP contribution in [-0.2, 0) is 4.74 Å². The third-order valence-electron chi connectivity index (χ3n) is 5.32. The van der Waals surface area contributed by atoms with Gasteiger partial charge in [0.15, 0.2) is 17.8 Å². The first-order chi connectivity index (χ1) is 14.8. The molecule has 1 aliphatic heterocycles. The number of carbonyl (C=O) groups is 1. The summed E-state index contributed by atoms with van der Waals surface area (Å²) < 4.78 is 7.48. The first-order valence-electron chi connectivity index (χ1n) is 9.80. The van der Waals surface area contributed by atoms with Crippen LogP contribution in [0.3, 0.4) is 0 Å². The predicted molar refractivity (Wildman–Crippen MR) is 114 cm³/mol. The summed E-state index contributed by atoms with van der Waals surface area (Å²) >= 11 is 0. The van der Waals surface area contributed by atoms with E-state index in [9.17, 15) is 9.90 Å². The fourth-order valence-corrected chi connectivity index (χ4v) is 3.86. The van der Waals surface area contributed by atoms with Gasteiger partial charge in [-0.3, -0.25) is 9.20 Å². The molecule has 0 radical (unpaired) electrons. The van der Waals surface area contributed by atoms with E-state index >= 15 is 0 Å². The zero-order valence-corrected chi connectivity index (χ0v) is 16.2. The lowest BCUT2D eigenvalue weighted by Gasteiger charge is -2.27. The number of hydrogen-bond acceptors (Lipinski definition) is 6. The van der Waals surface area contributed by atoms with Gasteiger partial charge >= 0.3 is 0 Å². The van der Waals surface area contributed by atoms with E-state index in [0.717, 1.165) is 47.7 Å². The molecule has 1 saturated heterocycles. The summed E-state index contributed by atoms with van der Waals surface area (Å²) in [5.41, 5.74) is 4.48. The molecule has 30 heavy (non-hydrogen) atoms. The minimum Gasteiger partial charge on any atom is -0.508 e. The van der Waals surface area contributed by atoms with Crippen molar-refractivity contribution in [1.82, 2.24) is 14.4 Å². The molecule has 0 atom stereocenters. The van der Waals surface area contributed by atoms with Crippen LogP contribution < -0.4 is 4.90 Å². The van der Waals surface area contributed by atoms with Crippen molar-refractivity contribution in [1.29, 1.82) is 0 Å². The summed E-state index contributed by atoms with van der Waals surface area (Å²) in [5.74, 6) is 0.980. The van der Waals surface area contributed by atoms with Crippen LogP contribution in [0, 0.1) is 0 Å². The van der Waals surface area contributed by atoms with Crippen LogP contribution in [0.1, 0.15) is 10.4 Å². The number of benzene rings is 2. The third-order valence-corrected chi connectivity index (χ3v) is 5.32.